The molecule has 0 radical (unpaired) electrons. The zero-order valence-electron chi connectivity index (χ0n) is 14.8. The second-order valence-electron chi connectivity index (χ2n) is 6.32. The number of ether oxygens (including phenoxy) is 2. The van der Waals surface area contributed by atoms with Crippen LogP contribution >= 0.6 is 0 Å². The zero-order valence-corrected chi connectivity index (χ0v) is 14.8. The molecule has 1 aliphatic rings. The van der Waals surface area contributed by atoms with E-state index >= 15 is 0 Å². The van der Waals surface area contributed by atoms with Crippen molar-refractivity contribution < 1.29 is 14.3 Å². The number of hydrogen-bond acceptors (Lipinski definition) is 4. The highest BCUT2D eigenvalue weighted by Gasteiger charge is 2.18. The molecule has 25 heavy (non-hydrogen) atoms. The SMILES string of the molecule is CCC(C)c1ccccc1NC(=O)C(C)Nc1ccc2c(c1)OCO2. The van der Waals surface area contributed by atoms with E-state index in [0.717, 1.165) is 29.1 Å². The maximum absolute atomic E-state index is 12.6. The van der Waals surface area contributed by atoms with Crippen LogP contribution in [0.1, 0.15) is 38.7 Å². The summed E-state index contributed by atoms with van der Waals surface area (Å²) in [7, 11) is 0. The number of rotatable bonds is 6. The molecule has 3 rings (SSSR count). The maximum atomic E-state index is 12.6. The van der Waals surface area contributed by atoms with E-state index in [4.69, 9.17) is 9.47 Å². The van der Waals surface area contributed by atoms with E-state index < -0.39 is 0 Å². The number of amides is 1. The van der Waals surface area contributed by atoms with Gasteiger partial charge in [0.05, 0.1) is 0 Å². The fraction of sp³-hybridized carbons (Fsp3) is 0.350. The van der Waals surface area contributed by atoms with Crippen LogP contribution in [-0.2, 0) is 4.79 Å². The topological polar surface area (TPSA) is 59.6 Å². The van der Waals surface area contributed by atoms with Gasteiger partial charge in [-0.05, 0) is 43.0 Å². The molecule has 2 unspecified atom stereocenters. The van der Waals surface area contributed by atoms with Gasteiger partial charge >= 0.3 is 0 Å². The van der Waals surface area contributed by atoms with E-state index in [1.54, 1.807) is 0 Å². The van der Waals surface area contributed by atoms with Crippen LogP contribution in [0.3, 0.4) is 0 Å². The van der Waals surface area contributed by atoms with Crippen LogP contribution in [0, 0.1) is 0 Å². The van der Waals surface area contributed by atoms with Gasteiger partial charge in [-0.3, -0.25) is 4.79 Å². The number of hydrogen-bond donors (Lipinski definition) is 2. The molecule has 2 atom stereocenters. The van der Waals surface area contributed by atoms with E-state index in [2.05, 4.69) is 30.5 Å². The lowest BCUT2D eigenvalue weighted by Gasteiger charge is -2.19. The van der Waals surface area contributed by atoms with Crippen molar-refractivity contribution in [2.24, 2.45) is 0 Å². The van der Waals surface area contributed by atoms with Crippen molar-refractivity contribution >= 4 is 17.3 Å². The third kappa shape index (κ3) is 3.87. The smallest absolute Gasteiger partial charge is 0.246 e. The Morgan fingerprint density at radius 2 is 1.88 bits per heavy atom. The molecule has 0 fully saturated rings. The predicted molar refractivity (Wildman–Crippen MR) is 99.4 cm³/mol. The molecule has 0 bridgehead atoms. The first-order valence-electron chi connectivity index (χ1n) is 8.64. The summed E-state index contributed by atoms with van der Waals surface area (Å²) in [6, 6.07) is 13.2. The third-order valence-electron chi connectivity index (χ3n) is 4.51. The maximum Gasteiger partial charge on any atom is 0.246 e. The number of nitrogens with one attached hydrogen (secondary N) is 2. The van der Waals surface area contributed by atoms with E-state index in [1.165, 1.54) is 0 Å². The second-order valence-corrected chi connectivity index (χ2v) is 6.32. The van der Waals surface area contributed by atoms with Crippen LogP contribution in [0.15, 0.2) is 42.5 Å². The molecule has 0 spiro atoms. The van der Waals surface area contributed by atoms with Crippen LogP contribution < -0.4 is 20.1 Å². The molecular weight excluding hydrogens is 316 g/mol. The largest absolute Gasteiger partial charge is 0.454 e. The Labute approximate surface area is 148 Å². The lowest BCUT2D eigenvalue weighted by molar-refractivity contribution is -0.116. The average Bonchev–Trinajstić information content (AvgIpc) is 3.09. The Balaban J connectivity index is 1.67. The molecule has 0 saturated heterocycles. The van der Waals surface area contributed by atoms with Crippen molar-refractivity contribution in [3.8, 4) is 11.5 Å². The first-order valence-corrected chi connectivity index (χ1v) is 8.64. The molecular formula is C20H24N2O3. The van der Waals surface area contributed by atoms with Gasteiger partial charge in [0, 0.05) is 17.4 Å². The van der Waals surface area contributed by atoms with Crippen molar-refractivity contribution in [1.82, 2.24) is 0 Å². The standard InChI is InChI=1S/C20H24N2O3/c1-4-13(2)16-7-5-6-8-17(16)22-20(23)14(3)21-15-9-10-18-19(11-15)25-12-24-18/h5-11,13-14,21H,4,12H2,1-3H3,(H,22,23). The summed E-state index contributed by atoms with van der Waals surface area (Å²) in [5, 5.41) is 6.25. The number of para-hydroxylation sites is 1. The molecule has 0 aromatic heterocycles. The van der Waals surface area contributed by atoms with Gasteiger partial charge in [-0.15, -0.1) is 0 Å². The highest BCUT2D eigenvalue weighted by Crippen LogP contribution is 2.34. The molecule has 132 valence electrons. The molecule has 1 amide bonds. The molecule has 1 aliphatic heterocycles. The summed E-state index contributed by atoms with van der Waals surface area (Å²) >= 11 is 0. The van der Waals surface area contributed by atoms with Gasteiger partial charge in [0.25, 0.3) is 0 Å². The van der Waals surface area contributed by atoms with Gasteiger partial charge in [0.1, 0.15) is 6.04 Å². The van der Waals surface area contributed by atoms with Gasteiger partial charge in [-0.2, -0.15) is 0 Å². The number of benzene rings is 2. The number of carbonyl (C=O) groups excluding carboxylic acids is 1. The van der Waals surface area contributed by atoms with Gasteiger partial charge in [-0.25, -0.2) is 0 Å². The highest BCUT2D eigenvalue weighted by molar-refractivity contribution is 5.97. The third-order valence-corrected chi connectivity index (χ3v) is 4.51. The number of fused-ring (bicyclic) bond motifs is 1. The first kappa shape index (κ1) is 17.1. The fourth-order valence-electron chi connectivity index (χ4n) is 2.80. The Morgan fingerprint density at radius 1 is 1.12 bits per heavy atom. The van der Waals surface area contributed by atoms with Crippen LogP contribution in [0.2, 0.25) is 0 Å². The minimum absolute atomic E-state index is 0.0755. The van der Waals surface area contributed by atoms with Crippen molar-refractivity contribution in [2.45, 2.75) is 39.2 Å². The Hall–Kier alpha value is -2.69. The molecule has 0 aliphatic carbocycles. The van der Waals surface area contributed by atoms with Gasteiger partial charge in [-0.1, -0.05) is 32.0 Å². The van der Waals surface area contributed by atoms with Crippen molar-refractivity contribution in [3.05, 3.63) is 48.0 Å². The summed E-state index contributed by atoms with van der Waals surface area (Å²) in [6.07, 6.45) is 1.03. The fourth-order valence-corrected chi connectivity index (χ4v) is 2.80. The van der Waals surface area contributed by atoms with Crippen molar-refractivity contribution in [2.75, 3.05) is 17.4 Å². The number of anilines is 2. The molecule has 2 aromatic carbocycles. The summed E-state index contributed by atoms with van der Waals surface area (Å²) < 4.78 is 10.7. The minimum Gasteiger partial charge on any atom is -0.454 e. The van der Waals surface area contributed by atoms with Crippen molar-refractivity contribution in [1.29, 1.82) is 0 Å². The highest BCUT2D eigenvalue weighted by atomic mass is 16.7. The van der Waals surface area contributed by atoms with Gasteiger partial charge < -0.3 is 20.1 Å². The molecule has 2 N–H and O–H groups in total. The van der Waals surface area contributed by atoms with E-state index in [1.807, 2.05) is 43.3 Å². The van der Waals surface area contributed by atoms with E-state index in [9.17, 15) is 4.79 Å². The van der Waals surface area contributed by atoms with E-state index in [-0.39, 0.29) is 18.7 Å². The van der Waals surface area contributed by atoms with Crippen LogP contribution in [0.4, 0.5) is 11.4 Å². The van der Waals surface area contributed by atoms with Crippen LogP contribution in [0.5, 0.6) is 11.5 Å². The normalized spacial score (nSPS) is 14.7. The summed E-state index contributed by atoms with van der Waals surface area (Å²) in [4.78, 5) is 12.6. The van der Waals surface area contributed by atoms with Crippen LogP contribution in [0.25, 0.3) is 0 Å². The molecule has 2 aromatic rings. The van der Waals surface area contributed by atoms with Gasteiger partial charge in [0.2, 0.25) is 12.7 Å². The Morgan fingerprint density at radius 3 is 2.68 bits per heavy atom. The summed E-state index contributed by atoms with van der Waals surface area (Å²) in [5.41, 5.74) is 2.86. The molecule has 5 heteroatoms. The van der Waals surface area contributed by atoms with Gasteiger partial charge in [0.15, 0.2) is 11.5 Å². The predicted octanol–water partition coefficient (Wildman–Crippen LogP) is 4.37. The summed E-state index contributed by atoms with van der Waals surface area (Å²) in [5.74, 6) is 1.74. The zero-order chi connectivity index (χ0) is 17.8. The summed E-state index contributed by atoms with van der Waals surface area (Å²) in [6.45, 7) is 6.39. The van der Waals surface area contributed by atoms with E-state index in [0.29, 0.717) is 11.7 Å². The molecule has 5 nitrogen and oxygen atoms in total. The monoisotopic (exact) mass is 340 g/mol. The molecule has 1 heterocycles. The molecule has 0 saturated carbocycles. The van der Waals surface area contributed by atoms with Crippen molar-refractivity contribution in [3.63, 3.8) is 0 Å². The van der Waals surface area contributed by atoms with Crippen LogP contribution in [-0.4, -0.2) is 18.7 Å². The number of carbonyl (C=O) groups is 1. The Bertz CT molecular complexity index is 760. The average molecular weight is 340 g/mol. The Kier molecular flexibility index (Phi) is 5.12. The quantitative estimate of drug-likeness (QED) is 0.820. The first-order chi connectivity index (χ1) is 12.1. The minimum atomic E-state index is -0.384. The second kappa shape index (κ2) is 7.47. The lowest BCUT2D eigenvalue weighted by atomic mass is 9.97. The lowest BCUT2D eigenvalue weighted by Crippen LogP contribution is -2.32.